The zero-order valence-corrected chi connectivity index (χ0v) is 11.4. The van der Waals surface area contributed by atoms with Gasteiger partial charge in [-0.2, -0.15) is 0 Å². The van der Waals surface area contributed by atoms with Crippen LogP contribution in [-0.4, -0.2) is 6.61 Å². The number of benzene rings is 1. The van der Waals surface area contributed by atoms with Gasteiger partial charge in [-0.1, -0.05) is 57.0 Å². The molecule has 0 aliphatic heterocycles. The van der Waals surface area contributed by atoms with E-state index in [1.807, 2.05) is 6.07 Å². The molecule has 0 spiro atoms. The molecule has 1 nitrogen and oxygen atoms in total. The molecule has 1 aromatic carbocycles. The molecule has 0 saturated heterocycles. The van der Waals surface area contributed by atoms with Crippen molar-refractivity contribution in [2.24, 2.45) is 5.92 Å². The van der Waals surface area contributed by atoms with Gasteiger partial charge in [-0.15, -0.1) is 0 Å². The molecular weight excluding hydrogens is 215 g/mol. The quantitative estimate of drug-likeness (QED) is 0.488. The molecule has 0 heterocycles. The Bertz CT molecular complexity index is 257. The van der Waals surface area contributed by atoms with Crippen molar-refractivity contribution in [3.8, 4) is 0 Å². The zero-order chi connectivity index (χ0) is 11.6. The molecule has 16 heavy (non-hydrogen) atoms. The summed E-state index contributed by atoms with van der Waals surface area (Å²) in [7, 11) is 0.509. The van der Waals surface area contributed by atoms with E-state index in [1.165, 1.54) is 31.0 Å². The van der Waals surface area contributed by atoms with Crippen molar-refractivity contribution < 1.29 is 4.52 Å². The Balaban J connectivity index is 2.04. The molecule has 0 N–H and O–H groups in total. The molecule has 0 fully saturated rings. The number of hydrogen-bond donors (Lipinski definition) is 0. The fraction of sp³-hybridized carbons (Fsp3) is 0.571. The molecule has 0 aliphatic carbocycles. The van der Waals surface area contributed by atoms with E-state index in [0.717, 1.165) is 12.5 Å². The second kappa shape index (κ2) is 8.73. The van der Waals surface area contributed by atoms with Crippen molar-refractivity contribution in [3.05, 3.63) is 30.3 Å². The average molecular weight is 238 g/mol. The van der Waals surface area contributed by atoms with Crippen LogP contribution < -0.4 is 5.30 Å². The minimum absolute atomic E-state index is 0.509. The van der Waals surface area contributed by atoms with Crippen molar-refractivity contribution in [2.45, 2.75) is 39.5 Å². The van der Waals surface area contributed by atoms with Gasteiger partial charge < -0.3 is 4.52 Å². The van der Waals surface area contributed by atoms with E-state index in [2.05, 4.69) is 38.1 Å². The maximum absolute atomic E-state index is 5.69. The first kappa shape index (κ1) is 13.7. The maximum atomic E-state index is 5.69. The smallest absolute Gasteiger partial charge is 0.0510 e. The Morgan fingerprint density at radius 3 is 2.44 bits per heavy atom. The summed E-state index contributed by atoms with van der Waals surface area (Å²) in [6.45, 7) is 5.46. The summed E-state index contributed by atoms with van der Waals surface area (Å²) < 4.78 is 5.69. The molecular formula is C14H23OP. The average Bonchev–Trinajstić information content (AvgIpc) is 2.35. The van der Waals surface area contributed by atoms with Crippen LogP contribution >= 0.6 is 8.81 Å². The van der Waals surface area contributed by atoms with Crippen LogP contribution in [0.1, 0.15) is 39.5 Å². The third-order valence-electron chi connectivity index (χ3n) is 2.98. The predicted octanol–water partition coefficient (Wildman–Crippen LogP) is 4.14. The van der Waals surface area contributed by atoms with Gasteiger partial charge in [0.2, 0.25) is 0 Å². The monoisotopic (exact) mass is 238 g/mol. The Kier molecular flexibility index (Phi) is 7.46. The first-order chi connectivity index (χ1) is 7.86. The maximum Gasteiger partial charge on any atom is 0.0510 e. The third kappa shape index (κ3) is 5.63. The molecule has 0 aliphatic rings. The summed E-state index contributed by atoms with van der Waals surface area (Å²) in [6.07, 6.45) is 5.12. The van der Waals surface area contributed by atoms with E-state index in [4.69, 9.17) is 4.52 Å². The molecule has 0 aromatic heterocycles. The normalized spacial score (nSPS) is 11.7. The SMILES string of the molecule is CCC(CC)CCCOPc1ccccc1. The minimum atomic E-state index is 0.509. The van der Waals surface area contributed by atoms with Gasteiger partial charge in [0.05, 0.1) is 6.61 Å². The summed E-state index contributed by atoms with van der Waals surface area (Å²) in [5, 5.41) is 1.30. The standard InChI is InChI=1S/C14H23OP/c1-3-13(4-2)9-8-12-15-16-14-10-6-5-7-11-14/h5-7,10-11,13,16H,3-4,8-9,12H2,1-2H3. The molecule has 1 rings (SSSR count). The van der Waals surface area contributed by atoms with Gasteiger partial charge in [-0.05, 0) is 24.1 Å². The van der Waals surface area contributed by atoms with Gasteiger partial charge in [-0.25, -0.2) is 0 Å². The van der Waals surface area contributed by atoms with Crippen LogP contribution in [0.5, 0.6) is 0 Å². The Hall–Kier alpha value is -0.390. The lowest BCUT2D eigenvalue weighted by Gasteiger charge is -2.11. The van der Waals surface area contributed by atoms with E-state index in [1.54, 1.807) is 0 Å². The van der Waals surface area contributed by atoms with Crippen molar-refractivity contribution in [1.29, 1.82) is 0 Å². The van der Waals surface area contributed by atoms with Crippen LogP contribution in [0.2, 0.25) is 0 Å². The molecule has 0 radical (unpaired) electrons. The van der Waals surface area contributed by atoms with E-state index in [9.17, 15) is 0 Å². The van der Waals surface area contributed by atoms with Crippen LogP contribution in [-0.2, 0) is 4.52 Å². The van der Waals surface area contributed by atoms with Crippen LogP contribution in [0.15, 0.2) is 30.3 Å². The topological polar surface area (TPSA) is 9.23 Å². The van der Waals surface area contributed by atoms with E-state index in [-0.39, 0.29) is 0 Å². The molecule has 0 bridgehead atoms. The summed E-state index contributed by atoms with van der Waals surface area (Å²) >= 11 is 0. The Labute approximate surface area is 101 Å². The highest BCUT2D eigenvalue weighted by Gasteiger charge is 2.02. The minimum Gasteiger partial charge on any atom is -0.358 e. The van der Waals surface area contributed by atoms with Crippen molar-refractivity contribution >= 4 is 14.1 Å². The van der Waals surface area contributed by atoms with Gasteiger partial charge in [0, 0.05) is 8.81 Å². The summed E-state index contributed by atoms with van der Waals surface area (Å²) in [5.74, 6) is 0.892. The molecule has 1 unspecified atom stereocenters. The second-order valence-electron chi connectivity index (χ2n) is 4.14. The summed E-state index contributed by atoms with van der Waals surface area (Å²) in [6, 6.07) is 10.4. The number of rotatable bonds is 8. The van der Waals surface area contributed by atoms with Crippen LogP contribution in [0.4, 0.5) is 0 Å². The largest absolute Gasteiger partial charge is 0.358 e. The fourth-order valence-electron chi connectivity index (χ4n) is 1.78. The van der Waals surface area contributed by atoms with E-state index >= 15 is 0 Å². The first-order valence-electron chi connectivity index (χ1n) is 6.29. The lowest BCUT2D eigenvalue weighted by molar-refractivity contribution is 0.323. The lowest BCUT2D eigenvalue weighted by atomic mass is 9.98. The van der Waals surface area contributed by atoms with Crippen molar-refractivity contribution in [2.75, 3.05) is 6.61 Å². The van der Waals surface area contributed by atoms with Gasteiger partial charge in [0.1, 0.15) is 0 Å². The highest BCUT2D eigenvalue weighted by molar-refractivity contribution is 7.41. The van der Waals surface area contributed by atoms with Crippen LogP contribution in [0, 0.1) is 5.92 Å². The Morgan fingerprint density at radius 2 is 1.81 bits per heavy atom. The van der Waals surface area contributed by atoms with Gasteiger partial charge >= 0.3 is 0 Å². The van der Waals surface area contributed by atoms with E-state index in [0.29, 0.717) is 8.81 Å². The lowest BCUT2D eigenvalue weighted by Crippen LogP contribution is -2.00. The fourth-order valence-corrected chi connectivity index (χ4v) is 2.52. The van der Waals surface area contributed by atoms with Gasteiger partial charge in [0.15, 0.2) is 0 Å². The van der Waals surface area contributed by atoms with E-state index < -0.39 is 0 Å². The zero-order valence-electron chi connectivity index (χ0n) is 10.4. The second-order valence-corrected chi connectivity index (χ2v) is 5.21. The van der Waals surface area contributed by atoms with Crippen molar-refractivity contribution in [3.63, 3.8) is 0 Å². The molecule has 90 valence electrons. The molecule has 1 aromatic rings. The van der Waals surface area contributed by atoms with Gasteiger partial charge in [0.25, 0.3) is 0 Å². The van der Waals surface area contributed by atoms with Crippen LogP contribution in [0.3, 0.4) is 0 Å². The predicted molar refractivity (Wildman–Crippen MR) is 73.6 cm³/mol. The highest BCUT2D eigenvalue weighted by Crippen LogP contribution is 2.17. The number of hydrogen-bond acceptors (Lipinski definition) is 1. The molecule has 1 atom stereocenters. The first-order valence-corrected chi connectivity index (χ1v) is 7.20. The summed E-state index contributed by atoms with van der Waals surface area (Å²) in [5.41, 5.74) is 0. The Morgan fingerprint density at radius 1 is 1.12 bits per heavy atom. The molecule has 2 heteroatoms. The van der Waals surface area contributed by atoms with Crippen molar-refractivity contribution in [1.82, 2.24) is 0 Å². The third-order valence-corrected chi connectivity index (χ3v) is 3.89. The van der Waals surface area contributed by atoms with Gasteiger partial charge in [-0.3, -0.25) is 0 Å². The molecule has 0 saturated carbocycles. The summed E-state index contributed by atoms with van der Waals surface area (Å²) in [4.78, 5) is 0. The van der Waals surface area contributed by atoms with Crippen LogP contribution in [0.25, 0.3) is 0 Å². The molecule has 0 amide bonds. The highest BCUT2D eigenvalue weighted by atomic mass is 31.1.